The molecule has 1 aromatic rings. The van der Waals surface area contributed by atoms with Crippen LogP contribution in [-0.2, 0) is 0 Å². The zero-order valence-electron chi connectivity index (χ0n) is 9.78. The fourth-order valence-corrected chi connectivity index (χ4v) is 1.47. The average Bonchev–Trinajstić information content (AvgIpc) is 2.26. The number of halogens is 5. The molecule has 8 heteroatoms. The highest BCUT2D eigenvalue weighted by atomic mass is 35.5. The first-order valence-electron chi connectivity index (χ1n) is 5.25. The van der Waals surface area contributed by atoms with Gasteiger partial charge in [-0.25, -0.2) is 4.39 Å². The SMILES string of the molecule is Cl.N[C@H](CCCO)c1cc(OC(F)(F)F)ccc1F. The summed E-state index contributed by atoms with van der Waals surface area (Å²) in [4.78, 5) is 0. The standard InChI is InChI=1S/C11H13F4NO2.ClH/c12-9-4-3-7(18-11(13,14)15)6-8(9)10(16)2-1-5-17;/h3-4,6,10,17H,1-2,5,16H2;1H/t10-;/m1./s1. The van der Waals surface area contributed by atoms with Gasteiger partial charge in [0.25, 0.3) is 0 Å². The predicted molar refractivity (Wildman–Crippen MR) is 63.6 cm³/mol. The average molecular weight is 304 g/mol. The summed E-state index contributed by atoms with van der Waals surface area (Å²) in [6, 6.07) is 1.89. The molecule has 0 unspecified atom stereocenters. The van der Waals surface area contributed by atoms with Crippen molar-refractivity contribution >= 4 is 12.4 Å². The van der Waals surface area contributed by atoms with Crippen molar-refractivity contribution in [3.8, 4) is 5.75 Å². The molecule has 0 aliphatic heterocycles. The van der Waals surface area contributed by atoms with Crippen LogP contribution in [0, 0.1) is 5.82 Å². The van der Waals surface area contributed by atoms with Gasteiger partial charge in [-0.15, -0.1) is 25.6 Å². The Labute approximate surface area is 113 Å². The normalized spacial score (nSPS) is 12.7. The van der Waals surface area contributed by atoms with Crippen molar-refractivity contribution in [2.24, 2.45) is 5.73 Å². The topological polar surface area (TPSA) is 55.5 Å². The van der Waals surface area contributed by atoms with Crippen molar-refractivity contribution < 1.29 is 27.4 Å². The smallest absolute Gasteiger partial charge is 0.406 e. The van der Waals surface area contributed by atoms with E-state index in [1.54, 1.807) is 0 Å². The minimum Gasteiger partial charge on any atom is -0.406 e. The third-order valence-corrected chi connectivity index (χ3v) is 2.27. The molecule has 1 rings (SSSR count). The Balaban J connectivity index is 0.00000324. The van der Waals surface area contributed by atoms with Crippen molar-refractivity contribution in [1.29, 1.82) is 0 Å². The van der Waals surface area contributed by atoms with E-state index in [-0.39, 0.29) is 31.0 Å². The molecule has 0 saturated heterocycles. The second-order valence-electron chi connectivity index (χ2n) is 3.70. The highest BCUT2D eigenvalue weighted by Crippen LogP contribution is 2.28. The Morgan fingerprint density at radius 3 is 2.47 bits per heavy atom. The Morgan fingerprint density at radius 1 is 1.32 bits per heavy atom. The van der Waals surface area contributed by atoms with Crippen LogP contribution in [0.5, 0.6) is 5.75 Å². The molecular weight excluding hydrogens is 290 g/mol. The van der Waals surface area contributed by atoms with E-state index in [2.05, 4.69) is 4.74 Å². The van der Waals surface area contributed by atoms with Crippen LogP contribution in [0.25, 0.3) is 0 Å². The zero-order chi connectivity index (χ0) is 13.8. The van der Waals surface area contributed by atoms with E-state index in [9.17, 15) is 17.6 Å². The molecule has 19 heavy (non-hydrogen) atoms. The Bertz CT molecular complexity index is 401. The number of rotatable bonds is 5. The first-order chi connectivity index (χ1) is 8.33. The molecule has 3 nitrogen and oxygen atoms in total. The Hall–Kier alpha value is -1.05. The van der Waals surface area contributed by atoms with E-state index in [0.717, 1.165) is 18.2 Å². The van der Waals surface area contributed by atoms with Gasteiger partial charge in [0.05, 0.1) is 0 Å². The summed E-state index contributed by atoms with van der Waals surface area (Å²) in [5, 5.41) is 8.62. The first kappa shape index (κ1) is 17.9. The number of benzene rings is 1. The maximum Gasteiger partial charge on any atom is 0.573 e. The molecule has 1 aromatic carbocycles. The van der Waals surface area contributed by atoms with Gasteiger partial charge in [0.1, 0.15) is 11.6 Å². The van der Waals surface area contributed by atoms with E-state index in [4.69, 9.17) is 10.8 Å². The molecule has 0 aliphatic rings. The molecule has 3 N–H and O–H groups in total. The van der Waals surface area contributed by atoms with Crippen molar-refractivity contribution in [3.05, 3.63) is 29.6 Å². The lowest BCUT2D eigenvalue weighted by Gasteiger charge is -2.15. The molecule has 0 fully saturated rings. The minimum atomic E-state index is -4.83. The van der Waals surface area contributed by atoms with Crippen LogP contribution in [0.15, 0.2) is 18.2 Å². The molecular formula is C11H14ClF4NO2. The first-order valence-corrected chi connectivity index (χ1v) is 5.25. The van der Waals surface area contributed by atoms with Crippen molar-refractivity contribution in [3.63, 3.8) is 0 Å². The lowest BCUT2D eigenvalue weighted by atomic mass is 10.0. The van der Waals surface area contributed by atoms with Crippen molar-refractivity contribution in [1.82, 2.24) is 0 Å². The number of aliphatic hydroxyl groups is 1. The van der Waals surface area contributed by atoms with Gasteiger partial charge in [-0.05, 0) is 31.0 Å². The lowest BCUT2D eigenvalue weighted by molar-refractivity contribution is -0.274. The molecule has 1 atom stereocenters. The fraction of sp³-hybridized carbons (Fsp3) is 0.455. The number of aliphatic hydroxyl groups excluding tert-OH is 1. The minimum absolute atomic E-state index is 0. The third kappa shape index (κ3) is 6.09. The number of hydrogen-bond donors (Lipinski definition) is 2. The van der Waals surface area contributed by atoms with Crippen LogP contribution in [0.4, 0.5) is 17.6 Å². The summed E-state index contributed by atoms with van der Waals surface area (Å²) >= 11 is 0. The molecule has 0 amide bonds. The predicted octanol–water partition coefficient (Wildman–Crippen LogP) is 2.92. The van der Waals surface area contributed by atoms with Crippen molar-refractivity contribution in [2.45, 2.75) is 25.2 Å². The van der Waals surface area contributed by atoms with Crippen LogP contribution >= 0.6 is 12.4 Å². The monoisotopic (exact) mass is 303 g/mol. The summed E-state index contributed by atoms with van der Waals surface area (Å²) in [6.07, 6.45) is -4.22. The Morgan fingerprint density at radius 2 is 1.95 bits per heavy atom. The fourth-order valence-electron chi connectivity index (χ4n) is 1.47. The van der Waals surface area contributed by atoms with E-state index < -0.39 is 24.0 Å². The van der Waals surface area contributed by atoms with Crippen LogP contribution in [-0.4, -0.2) is 18.1 Å². The summed E-state index contributed by atoms with van der Waals surface area (Å²) in [7, 11) is 0. The van der Waals surface area contributed by atoms with E-state index in [1.165, 1.54) is 0 Å². The second-order valence-corrected chi connectivity index (χ2v) is 3.70. The lowest BCUT2D eigenvalue weighted by Crippen LogP contribution is -2.18. The molecule has 0 radical (unpaired) electrons. The van der Waals surface area contributed by atoms with E-state index in [1.807, 2.05) is 0 Å². The van der Waals surface area contributed by atoms with Gasteiger partial charge < -0.3 is 15.6 Å². The number of nitrogens with two attached hydrogens (primary N) is 1. The van der Waals surface area contributed by atoms with Gasteiger partial charge in [0.15, 0.2) is 0 Å². The molecule has 0 saturated carbocycles. The van der Waals surface area contributed by atoms with Crippen LogP contribution in [0.2, 0.25) is 0 Å². The summed E-state index contributed by atoms with van der Waals surface area (Å²) < 4.78 is 53.1. The maximum absolute atomic E-state index is 13.4. The number of alkyl halides is 3. The summed E-state index contributed by atoms with van der Waals surface area (Å²) in [5.41, 5.74) is 5.56. The molecule has 0 aromatic heterocycles. The Kier molecular flexibility index (Phi) is 7.10. The van der Waals surface area contributed by atoms with E-state index >= 15 is 0 Å². The van der Waals surface area contributed by atoms with Crippen LogP contribution < -0.4 is 10.5 Å². The largest absolute Gasteiger partial charge is 0.573 e. The maximum atomic E-state index is 13.4. The zero-order valence-corrected chi connectivity index (χ0v) is 10.6. The van der Waals surface area contributed by atoms with Gasteiger partial charge in [-0.2, -0.15) is 0 Å². The van der Waals surface area contributed by atoms with Gasteiger partial charge >= 0.3 is 6.36 Å². The van der Waals surface area contributed by atoms with Gasteiger partial charge in [-0.1, -0.05) is 0 Å². The second kappa shape index (κ2) is 7.52. The van der Waals surface area contributed by atoms with Crippen LogP contribution in [0.3, 0.4) is 0 Å². The van der Waals surface area contributed by atoms with Crippen LogP contribution in [0.1, 0.15) is 24.4 Å². The number of hydrogen-bond acceptors (Lipinski definition) is 3. The van der Waals surface area contributed by atoms with Gasteiger partial charge in [0.2, 0.25) is 0 Å². The highest BCUT2D eigenvalue weighted by Gasteiger charge is 2.31. The van der Waals surface area contributed by atoms with Crippen molar-refractivity contribution in [2.75, 3.05) is 6.61 Å². The molecule has 0 spiro atoms. The van der Waals surface area contributed by atoms with Gasteiger partial charge in [0, 0.05) is 18.2 Å². The summed E-state index contributed by atoms with van der Waals surface area (Å²) in [6.45, 7) is -0.117. The van der Waals surface area contributed by atoms with Gasteiger partial charge in [-0.3, -0.25) is 0 Å². The summed E-state index contributed by atoms with van der Waals surface area (Å²) in [5.74, 6) is -1.21. The molecule has 110 valence electrons. The number of ether oxygens (including phenoxy) is 1. The highest BCUT2D eigenvalue weighted by molar-refractivity contribution is 5.85. The van der Waals surface area contributed by atoms with E-state index in [0.29, 0.717) is 6.42 Å². The molecule has 0 heterocycles. The molecule has 0 bridgehead atoms. The molecule has 0 aliphatic carbocycles. The third-order valence-electron chi connectivity index (χ3n) is 2.27. The quantitative estimate of drug-likeness (QED) is 0.822.